The molecule has 0 aromatic rings. The van der Waals surface area contributed by atoms with Gasteiger partial charge in [0.05, 0.1) is 19.1 Å². The molecule has 2 atom stereocenters. The first-order chi connectivity index (χ1) is 9.85. The van der Waals surface area contributed by atoms with Crippen LogP contribution in [0.25, 0.3) is 0 Å². The minimum Gasteiger partial charge on any atom is -0.481 e. The molecular weight excluding hydrogens is 272 g/mol. The van der Waals surface area contributed by atoms with Crippen LogP contribution in [0.4, 0.5) is 0 Å². The van der Waals surface area contributed by atoms with E-state index < -0.39 is 5.97 Å². The molecule has 1 saturated heterocycles. The van der Waals surface area contributed by atoms with Gasteiger partial charge in [-0.2, -0.15) is 0 Å². The molecule has 21 heavy (non-hydrogen) atoms. The van der Waals surface area contributed by atoms with E-state index in [4.69, 9.17) is 9.84 Å². The molecule has 0 spiro atoms. The summed E-state index contributed by atoms with van der Waals surface area (Å²) in [5.41, 5.74) is -0.0844. The van der Waals surface area contributed by atoms with Gasteiger partial charge in [0, 0.05) is 19.0 Å². The van der Waals surface area contributed by atoms with Crippen LogP contribution >= 0.6 is 0 Å². The van der Waals surface area contributed by atoms with Crippen molar-refractivity contribution in [3.05, 3.63) is 0 Å². The molecule has 6 nitrogen and oxygen atoms in total. The Balaban J connectivity index is 2.31. The van der Waals surface area contributed by atoms with Crippen molar-refractivity contribution in [2.45, 2.75) is 46.1 Å². The average molecular weight is 300 g/mol. The normalized spacial score (nSPS) is 22.2. The summed E-state index contributed by atoms with van der Waals surface area (Å²) in [6.07, 6.45) is 1.55. The number of carboxylic acid groups (broad SMARTS) is 1. The molecule has 6 heteroatoms. The van der Waals surface area contributed by atoms with E-state index in [9.17, 15) is 9.59 Å². The van der Waals surface area contributed by atoms with Gasteiger partial charge in [-0.25, -0.2) is 0 Å². The highest BCUT2D eigenvalue weighted by Gasteiger charge is 2.33. The second-order valence-corrected chi connectivity index (χ2v) is 6.41. The Morgan fingerprint density at radius 3 is 2.62 bits per heavy atom. The van der Waals surface area contributed by atoms with Crippen LogP contribution in [-0.4, -0.2) is 49.3 Å². The number of carbonyl (C=O) groups excluding carboxylic acids is 1. The largest absolute Gasteiger partial charge is 0.481 e. The monoisotopic (exact) mass is 300 g/mol. The molecule has 1 heterocycles. The standard InChI is InChI=1S/C15H28N2O4/c1-4-16-12-10-21-9-11(12)14(20)17-8-7-15(2,3)6-5-13(18)19/h11-12,16H,4-10H2,1-3H3,(H,17,20)(H,18,19). The number of amides is 1. The molecule has 0 aromatic carbocycles. The highest BCUT2D eigenvalue weighted by atomic mass is 16.5. The zero-order valence-electron chi connectivity index (χ0n) is 13.3. The number of carbonyl (C=O) groups is 2. The van der Waals surface area contributed by atoms with Crippen LogP contribution < -0.4 is 10.6 Å². The minimum atomic E-state index is -0.774. The van der Waals surface area contributed by atoms with E-state index in [-0.39, 0.29) is 29.7 Å². The van der Waals surface area contributed by atoms with Crippen molar-refractivity contribution in [3.63, 3.8) is 0 Å². The molecule has 0 saturated carbocycles. The number of hydrogen-bond donors (Lipinski definition) is 3. The first-order valence-corrected chi connectivity index (χ1v) is 7.66. The smallest absolute Gasteiger partial charge is 0.303 e. The summed E-state index contributed by atoms with van der Waals surface area (Å²) in [4.78, 5) is 22.8. The fraction of sp³-hybridized carbons (Fsp3) is 0.867. The van der Waals surface area contributed by atoms with Gasteiger partial charge in [0.1, 0.15) is 0 Å². The molecule has 1 fully saturated rings. The van der Waals surface area contributed by atoms with Crippen LogP contribution in [-0.2, 0) is 14.3 Å². The fourth-order valence-electron chi connectivity index (χ4n) is 2.50. The van der Waals surface area contributed by atoms with Gasteiger partial charge in [-0.05, 0) is 24.8 Å². The second-order valence-electron chi connectivity index (χ2n) is 6.41. The highest BCUT2D eigenvalue weighted by Crippen LogP contribution is 2.26. The molecule has 0 bridgehead atoms. The van der Waals surface area contributed by atoms with Crippen LogP contribution in [0.3, 0.4) is 0 Å². The number of carboxylic acids is 1. The van der Waals surface area contributed by atoms with Gasteiger partial charge in [0.2, 0.25) is 5.91 Å². The topological polar surface area (TPSA) is 87.7 Å². The van der Waals surface area contributed by atoms with Gasteiger partial charge in [-0.1, -0.05) is 20.8 Å². The Kier molecular flexibility index (Phi) is 7.11. The number of ether oxygens (including phenoxy) is 1. The van der Waals surface area contributed by atoms with Crippen molar-refractivity contribution >= 4 is 11.9 Å². The summed E-state index contributed by atoms with van der Waals surface area (Å²) >= 11 is 0. The highest BCUT2D eigenvalue weighted by molar-refractivity contribution is 5.79. The van der Waals surface area contributed by atoms with Crippen molar-refractivity contribution in [1.82, 2.24) is 10.6 Å². The number of hydrogen-bond acceptors (Lipinski definition) is 4. The lowest BCUT2D eigenvalue weighted by Crippen LogP contribution is -2.44. The molecular formula is C15H28N2O4. The number of rotatable bonds is 9. The Morgan fingerprint density at radius 1 is 1.29 bits per heavy atom. The third-order valence-electron chi connectivity index (χ3n) is 4.00. The lowest BCUT2D eigenvalue weighted by molar-refractivity contribution is -0.137. The zero-order valence-corrected chi connectivity index (χ0v) is 13.3. The van der Waals surface area contributed by atoms with E-state index >= 15 is 0 Å². The van der Waals surface area contributed by atoms with Crippen molar-refractivity contribution in [1.29, 1.82) is 0 Å². The third-order valence-corrected chi connectivity index (χ3v) is 4.00. The first kappa shape index (κ1) is 17.9. The summed E-state index contributed by atoms with van der Waals surface area (Å²) in [6, 6.07) is 0.0926. The van der Waals surface area contributed by atoms with E-state index in [1.807, 2.05) is 20.8 Å². The Morgan fingerprint density at radius 2 is 2.00 bits per heavy atom. The number of nitrogens with one attached hydrogen (secondary N) is 2. The summed E-state index contributed by atoms with van der Waals surface area (Å²) in [6.45, 7) is 8.51. The first-order valence-electron chi connectivity index (χ1n) is 7.66. The molecule has 0 aromatic heterocycles. The van der Waals surface area contributed by atoms with Crippen molar-refractivity contribution in [2.24, 2.45) is 11.3 Å². The van der Waals surface area contributed by atoms with E-state index in [0.29, 0.717) is 26.2 Å². The maximum atomic E-state index is 12.2. The molecule has 2 unspecified atom stereocenters. The minimum absolute atomic E-state index is 0.0208. The fourth-order valence-corrected chi connectivity index (χ4v) is 2.50. The number of aliphatic carboxylic acids is 1. The van der Waals surface area contributed by atoms with Crippen LogP contribution in [0.2, 0.25) is 0 Å². The molecule has 0 radical (unpaired) electrons. The van der Waals surface area contributed by atoms with E-state index in [2.05, 4.69) is 10.6 Å². The summed E-state index contributed by atoms with van der Waals surface area (Å²) in [7, 11) is 0. The van der Waals surface area contributed by atoms with E-state index in [1.54, 1.807) is 0 Å². The van der Waals surface area contributed by atoms with Gasteiger partial charge in [0.15, 0.2) is 0 Å². The second kappa shape index (κ2) is 8.34. The van der Waals surface area contributed by atoms with Gasteiger partial charge < -0.3 is 20.5 Å². The summed E-state index contributed by atoms with van der Waals surface area (Å²) < 4.78 is 5.37. The van der Waals surface area contributed by atoms with Crippen LogP contribution in [0, 0.1) is 11.3 Å². The van der Waals surface area contributed by atoms with Gasteiger partial charge in [-0.3, -0.25) is 9.59 Å². The van der Waals surface area contributed by atoms with Crippen LogP contribution in [0.1, 0.15) is 40.0 Å². The van der Waals surface area contributed by atoms with Crippen molar-refractivity contribution in [2.75, 3.05) is 26.3 Å². The molecule has 1 rings (SSSR count). The van der Waals surface area contributed by atoms with E-state index in [1.165, 1.54) is 0 Å². The van der Waals surface area contributed by atoms with Crippen LogP contribution in [0.15, 0.2) is 0 Å². The summed E-state index contributed by atoms with van der Waals surface area (Å²) in [5.74, 6) is -0.886. The molecule has 122 valence electrons. The van der Waals surface area contributed by atoms with Crippen molar-refractivity contribution < 1.29 is 19.4 Å². The quantitative estimate of drug-likeness (QED) is 0.591. The average Bonchev–Trinajstić information content (AvgIpc) is 2.85. The Bertz CT molecular complexity index is 358. The van der Waals surface area contributed by atoms with Gasteiger partial charge in [-0.15, -0.1) is 0 Å². The molecule has 1 aliphatic heterocycles. The lowest BCUT2D eigenvalue weighted by Gasteiger charge is -2.24. The Labute approximate surface area is 126 Å². The van der Waals surface area contributed by atoms with Gasteiger partial charge in [0.25, 0.3) is 0 Å². The maximum Gasteiger partial charge on any atom is 0.303 e. The van der Waals surface area contributed by atoms with Crippen molar-refractivity contribution in [3.8, 4) is 0 Å². The maximum absolute atomic E-state index is 12.2. The third kappa shape index (κ3) is 6.44. The SMILES string of the molecule is CCNC1COCC1C(=O)NCCC(C)(C)CCC(=O)O. The lowest BCUT2D eigenvalue weighted by atomic mass is 9.84. The predicted octanol–water partition coefficient (Wildman–Crippen LogP) is 1.01. The molecule has 0 aliphatic carbocycles. The summed E-state index contributed by atoms with van der Waals surface area (Å²) in [5, 5.41) is 14.9. The molecule has 1 aliphatic rings. The van der Waals surface area contributed by atoms with Gasteiger partial charge >= 0.3 is 5.97 Å². The predicted molar refractivity (Wildman–Crippen MR) is 80.1 cm³/mol. The zero-order chi connectivity index (χ0) is 15.9. The Hall–Kier alpha value is -1.14. The van der Waals surface area contributed by atoms with Crippen LogP contribution in [0.5, 0.6) is 0 Å². The number of likely N-dealkylation sites (N-methyl/N-ethyl adjacent to an activating group) is 1. The van der Waals surface area contributed by atoms with E-state index in [0.717, 1.165) is 13.0 Å². The molecule has 3 N–H and O–H groups in total. The molecule has 1 amide bonds.